The predicted molar refractivity (Wildman–Crippen MR) is 96.5 cm³/mol. The Labute approximate surface area is 153 Å². The molecule has 0 aromatic heterocycles. The van der Waals surface area contributed by atoms with Gasteiger partial charge < -0.3 is 14.6 Å². The minimum Gasteiger partial charge on any atom is -0.480 e. The summed E-state index contributed by atoms with van der Waals surface area (Å²) in [5, 5.41) is 9.52. The van der Waals surface area contributed by atoms with Crippen molar-refractivity contribution in [3.8, 4) is 0 Å². The van der Waals surface area contributed by atoms with Crippen molar-refractivity contribution in [3.05, 3.63) is 71.8 Å². The summed E-state index contributed by atoms with van der Waals surface area (Å²) < 4.78 is 10.9. The number of nitrogens with zero attached hydrogens (tertiary/aromatic N) is 1. The molecule has 26 heavy (non-hydrogen) atoms. The maximum Gasteiger partial charge on any atom is 0.410 e. The Hall–Kier alpha value is -2.86. The number of carboxylic acids is 1. The van der Waals surface area contributed by atoms with Gasteiger partial charge in [0, 0.05) is 7.05 Å². The molecule has 0 spiro atoms. The summed E-state index contributed by atoms with van der Waals surface area (Å²) in [6, 6.07) is 17.5. The highest BCUT2D eigenvalue weighted by Crippen LogP contribution is 2.13. The molecule has 0 aliphatic carbocycles. The molecule has 0 heterocycles. The van der Waals surface area contributed by atoms with Gasteiger partial charge in [-0.05, 0) is 18.1 Å². The molecule has 1 N–H and O–H groups in total. The van der Waals surface area contributed by atoms with Gasteiger partial charge in [-0.1, -0.05) is 60.7 Å². The molecule has 2 rings (SSSR count). The second kappa shape index (κ2) is 9.58. The van der Waals surface area contributed by atoms with Crippen molar-refractivity contribution in [1.29, 1.82) is 0 Å². The van der Waals surface area contributed by atoms with Gasteiger partial charge in [-0.15, -0.1) is 0 Å². The molecule has 0 radical (unpaired) electrons. The van der Waals surface area contributed by atoms with Crippen LogP contribution in [0.2, 0.25) is 0 Å². The van der Waals surface area contributed by atoms with Crippen LogP contribution in [0.4, 0.5) is 4.79 Å². The fourth-order valence-electron chi connectivity index (χ4n) is 2.51. The van der Waals surface area contributed by atoms with E-state index in [2.05, 4.69) is 0 Å². The van der Waals surface area contributed by atoms with E-state index in [9.17, 15) is 14.7 Å². The van der Waals surface area contributed by atoms with E-state index in [1.54, 1.807) is 6.92 Å². The van der Waals surface area contributed by atoms with Gasteiger partial charge in [0.05, 0.1) is 12.7 Å². The van der Waals surface area contributed by atoms with E-state index < -0.39 is 24.2 Å². The van der Waals surface area contributed by atoms with Crippen LogP contribution in [0.25, 0.3) is 0 Å². The van der Waals surface area contributed by atoms with E-state index >= 15 is 0 Å². The highest BCUT2D eigenvalue weighted by molar-refractivity contribution is 5.80. The lowest BCUT2D eigenvalue weighted by molar-refractivity contribution is -0.148. The molecular formula is C20H23NO5. The lowest BCUT2D eigenvalue weighted by atomic mass is 10.1. The molecule has 1 amide bonds. The Morgan fingerprint density at radius 2 is 1.46 bits per heavy atom. The minimum atomic E-state index is -1.15. The Kier molecular flexibility index (Phi) is 7.17. The molecule has 6 nitrogen and oxygen atoms in total. The quantitative estimate of drug-likeness (QED) is 0.784. The number of amides is 1. The van der Waals surface area contributed by atoms with Crippen molar-refractivity contribution in [2.24, 2.45) is 0 Å². The fourth-order valence-corrected chi connectivity index (χ4v) is 2.51. The topological polar surface area (TPSA) is 76.1 Å². The molecule has 2 aromatic carbocycles. The van der Waals surface area contributed by atoms with Crippen molar-refractivity contribution in [3.63, 3.8) is 0 Å². The first kappa shape index (κ1) is 19.5. The summed E-state index contributed by atoms with van der Waals surface area (Å²) in [6.07, 6.45) is -1.42. The van der Waals surface area contributed by atoms with Crippen molar-refractivity contribution in [2.75, 3.05) is 7.05 Å². The Morgan fingerprint density at radius 3 is 1.96 bits per heavy atom. The van der Waals surface area contributed by atoms with E-state index in [0.29, 0.717) is 0 Å². The summed E-state index contributed by atoms with van der Waals surface area (Å²) in [6.45, 7) is 1.97. The van der Waals surface area contributed by atoms with E-state index in [1.165, 1.54) is 7.05 Å². The molecule has 6 heteroatoms. The van der Waals surface area contributed by atoms with Crippen LogP contribution in [-0.2, 0) is 27.5 Å². The second-order valence-corrected chi connectivity index (χ2v) is 5.94. The minimum absolute atomic E-state index is 0.0790. The summed E-state index contributed by atoms with van der Waals surface area (Å²) in [5.41, 5.74) is 1.76. The van der Waals surface area contributed by atoms with Crippen molar-refractivity contribution in [1.82, 2.24) is 4.90 Å². The zero-order chi connectivity index (χ0) is 18.9. The lowest BCUT2D eigenvalue weighted by Gasteiger charge is -2.29. The standard InChI is InChI=1S/C20H23NO5/c1-15(25-13-16-9-5-3-6-10-16)18(19(22)23)21(2)20(24)26-14-17-11-7-4-8-12-17/h3-12,15,18H,13-14H2,1-2H3,(H,22,23)/t15-,18+/m0/s1. The SMILES string of the molecule is C[C@H](OCc1ccccc1)[C@H](C(=O)O)N(C)C(=O)OCc1ccccc1. The smallest absolute Gasteiger partial charge is 0.410 e. The van der Waals surface area contributed by atoms with Crippen molar-refractivity contribution >= 4 is 12.1 Å². The van der Waals surface area contributed by atoms with Gasteiger partial charge in [-0.2, -0.15) is 0 Å². The van der Waals surface area contributed by atoms with Crippen LogP contribution in [0.1, 0.15) is 18.1 Å². The predicted octanol–water partition coefficient (Wildman–Crippen LogP) is 3.31. The van der Waals surface area contributed by atoms with Gasteiger partial charge in [0.25, 0.3) is 0 Å². The first-order chi connectivity index (χ1) is 12.5. The largest absolute Gasteiger partial charge is 0.480 e. The number of hydrogen-bond acceptors (Lipinski definition) is 4. The molecule has 0 unspecified atom stereocenters. The maximum atomic E-state index is 12.2. The first-order valence-electron chi connectivity index (χ1n) is 8.31. The van der Waals surface area contributed by atoms with Crippen LogP contribution >= 0.6 is 0 Å². The number of carbonyl (C=O) groups excluding carboxylic acids is 1. The lowest BCUT2D eigenvalue weighted by Crippen LogP contribution is -2.49. The third kappa shape index (κ3) is 5.60. The molecule has 138 valence electrons. The Balaban J connectivity index is 1.93. The molecular weight excluding hydrogens is 334 g/mol. The fraction of sp³-hybridized carbons (Fsp3) is 0.300. The highest BCUT2D eigenvalue weighted by Gasteiger charge is 2.33. The third-order valence-electron chi connectivity index (χ3n) is 3.96. The average molecular weight is 357 g/mol. The maximum absolute atomic E-state index is 12.2. The third-order valence-corrected chi connectivity index (χ3v) is 3.96. The normalized spacial score (nSPS) is 12.8. The van der Waals surface area contributed by atoms with Crippen LogP contribution in [0.3, 0.4) is 0 Å². The molecule has 0 aliphatic rings. The number of likely N-dealkylation sites (N-methyl/N-ethyl adjacent to an activating group) is 1. The van der Waals surface area contributed by atoms with Gasteiger partial charge >= 0.3 is 12.1 Å². The Bertz CT molecular complexity index is 705. The first-order valence-corrected chi connectivity index (χ1v) is 8.31. The van der Waals surface area contributed by atoms with Crippen LogP contribution < -0.4 is 0 Å². The van der Waals surface area contributed by atoms with Gasteiger partial charge in [0.1, 0.15) is 6.61 Å². The number of rotatable bonds is 8. The molecule has 0 saturated heterocycles. The number of carbonyl (C=O) groups is 2. The van der Waals surface area contributed by atoms with E-state index in [4.69, 9.17) is 9.47 Å². The summed E-state index contributed by atoms with van der Waals surface area (Å²) >= 11 is 0. The molecule has 0 saturated carbocycles. The van der Waals surface area contributed by atoms with Gasteiger partial charge in [-0.3, -0.25) is 4.90 Å². The summed E-state index contributed by atoms with van der Waals surface area (Å²) in [7, 11) is 1.40. The van der Waals surface area contributed by atoms with Gasteiger partial charge in [-0.25, -0.2) is 9.59 Å². The summed E-state index contributed by atoms with van der Waals surface area (Å²) in [5.74, 6) is -1.15. The van der Waals surface area contributed by atoms with E-state index in [-0.39, 0.29) is 13.2 Å². The highest BCUT2D eigenvalue weighted by atomic mass is 16.6. The number of benzene rings is 2. The van der Waals surface area contributed by atoms with E-state index in [1.807, 2.05) is 60.7 Å². The van der Waals surface area contributed by atoms with Crippen molar-refractivity contribution in [2.45, 2.75) is 32.3 Å². The zero-order valence-electron chi connectivity index (χ0n) is 14.9. The van der Waals surface area contributed by atoms with Crippen LogP contribution in [-0.4, -0.2) is 41.3 Å². The number of hydrogen-bond donors (Lipinski definition) is 1. The molecule has 2 atom stereocenters. The van der Waals surface area contributed by atoms with Gasteiger partial charge in [0.2, 0.25) is 0 Å². The van der Waals surface area contributed by atoms with Crippen LogP contribution in [0.15, 0.2) is 60.7 Å². The van der Waals surface area contributed by atoms with E-state index in [0.717, 1.165) is 16.0 Å². The molecule has 0 aliphatic heterocycles. The van der Waals surface area contributed by atoms with Gasteiger partial charge in [0.15, 0.2) is 6.04 Å². The second-order valence-electron chi connectivity index (χ2n) is 5.94. The summed E-state index contributed by atoms with van der Waals surface area (Å²) in [4.78, 5) is 24.9. The van der Waals surface area contributed by atoms with Crippen LogP contribution in [0, 0.1) is 0 Å². The number of aliphatic carboxylic acids is 1. The average Bonchev–Trinajstić information content (AvgIpc) is 2.66. The number of ether oxygens (including phenoxy) is 2. The Morgan fingerprint density at radius 1 is 0.962 bits per heavy atom. The molecule has 2 aromatic rings. The van der Waals surface area contributed by atoms with Crippen molar-refractivity contribution < 1.29 is 24.2 Å². The molecule has 0 bridgehead atoms. The monoisotopic (exact) mass is 357 g/mol. The van der Waals surface area contributed by atoms with Crippen LogP contribution in [0.5, 0.6) is 0 Å². The number of carboxylic acid groups (broad SMARTS) is 1. The molecule has 0 fully saturated rings. The zero-order valence-corrected chi connectivity index (χ0v) is 14.9.